The third-order valence-corrected chi connectivity index (χ3v) is 6.88. The van der Waals surface area contributed by atoms with Gasteiger partial charge in [0.05, 0.1) is 10.5 Å². The summed E-state index contributed by atoms with van der Waals surface area (Å²) in [4.78, 5) is 73.0. The first-order valence-electron chi connectivity index (χ1n) is 14.8. The summed E-state index contributed by atoms with van der Waals surface area (Å²) in [5.41, 5.74) is 6.94. The molecule has 45 heavy (non-hydrogen) atoms. The van der Waals surface area contributed by atoms with Crippen molar-refractivity contribution in [2.75, 3.05) is 12.3 Å². The quantitative estimate of drug-likeness (QED) is 0.0617. The number of hydrogen-bond donors (Lipinski definition) is 6. The third kappa shape index (κ3) is 12.6. The minimum Gasteiger partial charge on any atom is -0.480 e. The fraction of sp³-hybridized carbons (Fsp3) is 0.452. The minimum atomic E-state index is -1.22. The number of unbranched alkanes of at least 4 members (excludes halogenated alkanes) is 2. The standard InChI is InChI=1S/C31H42N6O8/c1-19(2)17-26(31(42)43)36-30(41)25(18-21-12-14-22(15-13-21)37(44)45)35-28(39)20(3)34-27(38)11-5-4-8-16-33-29(40)23-9-6-7-10-24(23)32/h6-7,9-10,12-15,19-20,25-26H,4-5,8,11,16-18,32H2,1-3H3,(H,33,40)(H,34,38)(H,35,39)(H,36,41)(H,42,43). The van der Waals surface area contributed by atoms with Gasteiger partial charge in [0.25, 0.3) is 11.6 Å². The molecule has 0 aliphatic heterocycles. The monoisotopic (exact) mass is 626 g/mol. The van der Waals surface area contributed by atoms with Gasteiger partial charge in [0.15, 0.2) is 0 Å². The Balaban J connectivity index is 1.90. The molecular formula is C31H42N6O8. The number of carboxylic acid groups (broad SMARTS) is 1. The van der Waals surface area contributed by atoms with Crippen molar-refractivity contribution in [1.82, 2.24) is 21.3 Å². The normalized spacial score (nSPS) is 12.8. The number of nitrogens with zero attached hydrogens (tertiary/aromatic N) is 1. The first-order valence-corrected chi connectivity index (χ1v) is 14.8. The number of nitrogens with one attached hydrogen (secondary N) is 4. The molecular weight excluding hydrogens is 584 g/mol. The molecule has 2 aromatic carbocycles. The molecule has 0 spiro atoms. The number of nitro groups is 1. The van der Waals surface area contributed by atoms with Crippen LogP contribution in [-0.4, -0.2) is 64.3 Å². The number of hydrogen-bond acceptors (Lipinski definition) is 8. The molecule has 2 rings (SSSR count). The lowest BCUT2D eigenvalue weighted by atomic mass is 10.0. The van der Waals surface area contributed by atoms with E-state index in [-0.39, 0.29) is 42.7 Å². The molecule has 0 heterocycles. The Morgan fingerprint density at radius 3 is 2.11 bits per heavy atom. The van der Waals surface area contributed by atoms with E-state index in [1.807, 2.05) is 13.8 Å². The van der Waals surface area contributed by atoms with Crippen molar-refractivity contribution in [2.45, 2.75) is 77.4 Å². The second-order valence-electron chi connectivity index (χ2n) is 11.2. The molecule has 3 atom stereocenters. The maximum atomic E-state index is 13.1. The number of amides is 4. The molecule has 3 unspecified atom stereocenters. The number of nitro benzene ring substituents is 1. The highest BCUT2D eigenvalue weighted by atomic mass is 16.6. The molecule has 0 aliphatic rings. The van der Waals surface area contributed by atoms with Crippen LogP contribution >= 0.6 is 0 Å². The van der Waals surface area contributed by atoms with Gasteiger partial charge in [-0.05, 0) is 49.8 Å². The van der Waals surface area contributed by atoms with Crippen LogP contribution in [0.4, 0.5) is 11.4 Å². The number of rotatable bonds is 18. The molecule has 14 nitrogen and oxygen atoms in total. The van der Waals surface area contributed by atoms with Crippen LogP contribution in [0, 0.1) is 16.0 Å². The number of carbonyl (C=O) groups is 5. The highest BCUT2D eigenvalue weighted by Gasteiger charge is 2.29. The predicted molar refractivity (Wildman–Crippen MR) is 167 cm³/mol. The smallest absolute Gasteiger partial charge is 0.326 e. The zero-order valence-corrected chi connectivity index (χ0v) is 25.7. The maximum absolute atomic E-state index is 13.1. The van der Waals surface area contributed by atoms with Crippen LogP contribution in [0.2, 0.25) is 0 Å². The van der Waals surface area contributed by atoms with E-state index in [0.717, 1.165) is 0 Å². The summed E-state index contributed by atoms with van der Waals surface area (Å²) in [5, 5.41) is 31.0. The van der Waals surface area contributed by atoms with Crippen molar-refractivity contribution in [2.24, 2.45) is 5.92 Å². The highest BCUT2D eigenvalue weighted by Crippen LogP contribution is 2.14. The lowest BCUT2D eigenvalue weighted by molar-refractivity contribution is -0.384. The average molecular weight is 627 g/mol. The summed E-state index contributed by atoms with van der Waals surface area (Å²) < 4.78 is 0. The molecule has 0 aliphatic carbocycles. The Kier molecular flexibility index (Phi) is 14.4. The van der Waals surface area contributed by atoms with Crippen LogP contribution < -0.4 is 27.0 Å². The molecule has 4 amide bonds. The average Bonchev–Trinajstić information content (AvgIpc) is 2.98. The van der Waals surface area contributed by atoms with Gasteiger partial charge < -0.3 is 32.1 Å². The van der Waals surface area contributed by atoms with Crippen molar-refractivity contribution < 1.29 is 34.0 Å². The van der Waals surface area contributed by atoms with Crippen LogP contribution in [0.1, 0.15) is 68.8 Å². The molecule has 0 bridgehead atoms. The second-order valence-corrected chi connectivity index (χ2v) is 11.2. The number of nitrogens with two attached hydrogens (primary N) is 1. The van der Waals surface area contributed by atoms with Crippen molar-refractivity contribution >= 4 is 41.0 Å². The largest absolute Gasteiger partial charge is 0.480 e. The second kappa shape index (κ2) is 18.0. The summed E-state index contributed by atoms with van der Waals surface area (Å²) >= 11 is 0. The Bertz CT molecular complexity index is 1350. The van der Waals surface area contributed by atoms with Gasteiger partial charge in [-0.1, -0.05) is 44.5 Å². The zero-order valence-electron chi connectivity index (χ0n) is 25.7. The molecule has 0 saturated heterocycles. The van der Waals surface area contributed by atoms with E-state index in [4.69, 9.17) is 5.73 Å². The molecule has 2 aromatic rings. The fourth-order valence-electron chi connectivity index (χ4n) is 4.43. The van der Waals surface area contributed by atoms with Gasteiger partial charge in [0.1, 0.15) is 18.1 Å². The summed E-state index contributed by atoms with van der Waals surface area (Å²) in [7, 11) is 0. The lowest BCUT2D eigenvalue weighted by Crippen LogP contribution is -2.56. The number of benzene rings is 2. The molecule has 0 saturated carbocycles. The van der Waals surface area contributed by atoms with Crippen LogP contribution in [0.15, 0.2) is 48.5 Å². The topological polar surface area (TPSA) is 223 Å². The minimum absolute atomic E-state index is 0.0308. The van der Waals surface area contributed by atoms with Crippen LogP contribution in [0.25, 0.3) is 0 Å². The van der Waals surface area contributed by atoms with Gasteiger partial charge in [0, 0.05) is 37.2 Å². The van der Waals surface area contributed by atoms with E-state index in [1.165, 1.54) is 31.2 Å². The van der Waals surface area contributed by atoms with E-state index in [0.29, 0.717) is 42.6 Å². The first-order chi connectivity index (χ1) is 21.3. The maximum Gasteiger partial charge on any atom is 0.326 e. The molecule has 14 heteroatoms. The van der Waals surface area contributed by atoms with Crippen LogP contribution in [-0.2, 0) is 25.6 Å². The number of para-hydroxylation sites is 1. The van der Waals surface area contributed by atoms with E-state index >= 15 is 0 Å². The van der Waals surface area contributed by atoms with Crippen LogP contribution in [0.5, 0.6) is 0 Å². The summed E-state index contributed by atoms with van der Waals surface area (Å²) in [5.74, 6) is -3.31. The molecule has 244 valence electrons. The highest BCUT2D eigenvalue weighted by molar-refractivity contribution is 5.99. The lowest BCUT2D eigenvalue weighted by Gasteiger charge is -2.24. The Labute approximate surface area is 261 Å². The van der Waals surface area contributed by atoms with Crippen LogP contribution in [0.3, 0.4) is 0 Å². The Hall–Kier alpha value is -5.01. The van der Waals surface area contributed by atoms with Gasteiger partial charge in [0.2, 0.25) is 17.7 Å². The molecule has 7 N–H and O–H groups in total. The molecule has 0 aromatic heterocycles. The summed E-state index contributed by atoms with van der Waals surface area (Å²) in [6, 6.07) is 8.76. The van der Waals surface area contributed by atoms with Gasteiger partial charge in [-0.25, -0.2) is 4.79 Å². The van der Waals surface area contributed by atoms with Gasteiger partial charge >= 0.3 is 5.97 Å². The van der Waals surface area contributed by atoms with Crippen molar-refractivity contribution in [3.63, 3.8) is 0 Å². The third-order valence-electron chi connectivity index (χ3n) is 6.88. The van der Waals surface area contributed by atoms with Crippen molar-refractivity contribution in [3.8, 4) is 0 Å². The number of carbonyl (C=O) groups excluding carboxylic acids is 4. The zero-order chi connectivity index (χ0) is 33.5. The summed E-state index contributed by atoms with van der Waals surface area (Å²) in [6.45, 7) is 5.48. The SMILES string of the molecule is CC(C)CC(NC(=O)C(Cc1ccc([N+](=O)[O-])cc1)NC(=O)C(C)NC(=O)CCCCCNC(=O)c1ccccc1N)C(=O)O. The fourth-order valence-corrected chi connectivity index (χ4v) is 4.43. The number of carboxylic acids is 1. The Morgan fingerprint density at radius 2 is 1.51 bits per heavy atom. The van der Waals surface area contributed by atoms with Gasteiger partial charge in [-0.3, -0.25) is 29.3 Å². The van der Waals surface area contributed by atoms with E-state index in [9.17, 15) is 39.2 Å². The Morgan fingerprint density at radius 1 is 0.867 bits per heavy atom. The molecule has 0 fully saturated rings. The number of aliphatic carboxylic acids is 1. The van der Waals surface area contributed by atoms with Crippen molar-refractivity contribution in [3.05, 3.63) is 69.8 Å². The number of nitrogen functional groups attached to an aromatic ring is 1. The van der Waals surface area contributed by atoms with Gasteiger partial charge in [-0.2, -0.15) is 0 Å². The summed E-state index contributed by atoms with van der Waals surface area (Å²) in [6.07, 6.45) is 2.03. The van der Waals surface area contributed by atoms with E-state index in [2.05, 4.69) is 21.3 Å². The predicted octanol–water partition coefficient (Wildman–Crippen LogP) is 2.31. The number of non-ortho nitro benzene ring substituents is 1. The first kappa shape index (κ1) is 36.2. The van der Waals surface area contributed by atoms with E-state index < -0.39 is 40.8 Å². The van der Waals surface area contributed by atoms with Crippen molar-refractivity contribution in [1.29, 1.82) is 0 Å². The number of anilines is 1. The van der Waals surface area contributed by atoms with E-state index in [1.54, 1.807) is 24.3 Å². The van der Waals surface area contributed by atoms with Gasteiger partial charge in [-0.15, -0.1) is 0 Å². The molecule has 0 radical (unpaired) electrons.